The van der Waals surface area contributed by atoms with Gasteiger partial charge in [-0.3, -0.25) is 9.80 Å². The van der Waals surface area contributed by atoms with E-state index in [1.54, 1.807) is 0 Å². The number of halogens is 1. The minimum absolute atomic E-state index is 0.0461. The topological polar surface area (TPSA) is 26.7 Å². The fourth-order valence-corrected chi connectivity index (χ4v) is 2.88. The third kappa shape index (κ3) is 3.30. The molecule has 4 heteroatoms. The zero-order valence-corrected chi connectivity index (χ0v) is 12.6. The Bertz CT molecular complexity index is 444. The average Bonchev–Trinajstić information content (AvgIpc) is 2.48. The maximum atomic E-state index is 13.4. The summed E-state index contributed by atoms with van der Waals surface area (Å²) in [6.45, 7) is 10.5. The van der Waals surface area contributed by atoms with Crippen LogP contribution in [0.25, 0.3) is 0 Å². The maximum Gasteiger partial charge on any atom is 0.123 e. The molecule has 1 heterocycles. The SMILES string of the molecule is CCC(C)N1CCN(C(C)c2cc(F)ccc2O)CC1. The third-order valence-electron chi connectivity index (χ3n) is 4.55. The van der Waals surface area contributed by atoms with E-state index in [0.717, 1.165) is 26.2 Å². The first-order chi connectivity index (χ1) is 9.52. The van der Waals surface area contributed by atoms with E-state index in [1.807, 2.05) is 6.92 Å². The zero-order chi connectivity index (χ0) is 14.7. The predicted octanol–water partition coefficient (Wildman–Crippen LogP) is 3.01. The van der Waals surface area contributed by atoms with Crippen molar-refractivity contribution in [2.75, 3.05) is 26.2 Å². The van der Waals surface area contributed by atoms with E-state index in [9.17, 15) is 9.50 Å². The number of rotatable bonds is 4. The minimum atomic E-state index is -0.289. The molecule has 1 fully saturated rings. The lowest BCUT2D eigenvalue weighted by molar-refractivity contribution is 0.0765. The van der Waals surface area contributed by atoms with E-state index in [0.29, 0.717) is 11.6 Å². The van der Waals surface area contributed by atoms with E-state index in [2.05, 4.69) is 23.6 Å². The highest BCUT2D eigenvalue weighted by molar-refractivity contribution is 5.35. The summed E-state index contributed by atoms with van der Waals surface area (Å²) >= 11 is 0. The molecular formula is C16H25FN2O. The fourth-order valence-electron chi connectivity index (χ4n) is 2.88. The first kappa shape index (κ1) is 15.3. The molecule has 1 N–H and O–H groups in total. The molecule has 3 nitrogen and oxygen atoms in total. The van der Waals surface area contributed by atoms with E-state index < -0.39 is 0 Å². The minimum Gasteiger partial charge on any atom is -0.508 e. The number of hydrogen-bond acceptors (Lipinski definition) is 3. The van der Waals surface area contributed by atoms with Crippen molar-refractivity contribution in [1.82, 2.24) is 9.80 Å². The molecule has 2 atom stereocenters. The zero-order valence-electron chi connectivity index (χ0n) is 12.6. The Kier molecular flexibility index (Phi) is 5.00. The predicted molar refractivity (Wildman–Crippen MR) is 79.4 cm³/mol. The third-order valence-corrected chi connectivity index (χ3v) is 4.55. The lowest BCUT2D eigenvalue weighted by atomic mass is 10.0. The van der Waals surface area contributed by atoms with Crippen molar-refractivity contribution >= 4 is 0 Å². The molecule has 0 saturated carbocycles. The average molecular weight is 280 g/mol. The highest BCUT2D eigenvalue weighted by Crippen LogP contribution is 2.29. The van der Waals surface area contributed by atoms with Crippen molar-refractivity contribution in [1.29, 1.82) is 0 Å². The van der Waals surface area contributed by atoms with Crippen LogP contribution in [-0.4, -0.2) is 47.1 Å². The maximum absolute atomic E-state index is 13.4. The molecule has 2 unspecified atom stereocenters. The van der Waals surface area contributed by atoms with Gasteiger partial charge < -0.3 is 5.11 Å². The number of phenols is 1. The number of piperazine rings is 1. The Balaban J connectivity index is 2.01. The van der Waals surface area contributed by atoms with Gasteiger partial charge in [0.2, 0.25) is 0 Å². The summed E-state index contributed by atoms with van der Waals surface area (Å²) in [7, 11) is 0. The van der Waals surface area contributed by atoms with Crippen molar-refractivity contribution in [3.05, 3.63) is 29.6 Å². The molecule has 0 spiro atoms. The summed E-state index contributed by atoms with van der Waals surface area (Å²) in [4.78, 5) is 4.81. The first-order valence-electron chi connectivity index (χ1n) is 7.49. The van der Waals surface area contributed by atoms with Gasteiger partial charge in [-0.2, -0.15) is 0 Å². The molecule has 0 amide bonds. The Labute approximate surface area is 121 Å². The lowest BCUT2D eigenvalue weighted by Gasteiger charge is -2.40. The van der Waals surface area contributed by atoms with E-state index in [-0.39, 0.29) is 17.6 Å². The number of phenolic OH excluding ortho intramolecular Hbond substituents is 1. The smallest absolute Gasteiger partial charge is 0.123 e. The quantitative estimate of drug-likeness (QED) is 0.918. The van der Waals surface area contributed by atoms with Gasteiger partial charge in [0.15, 0.2) is 0 Å². The number of benzene rings is 1. The van der Waals surface area contributed by atoms with Gasteiger partial charge in [-0.1, -0.05) is 6.92 Å². The normalized spacial score (nSPS) is 20.8. The van der Waals surface area contributed by atoms with Crippen molar-refractivity contribution in [3.8, 4) is 5.75 Å². The van der Waals surface area contributed by atoms with E-state index in [4.69, 9.17) is 0 Å². The summed E-state index contributed by atoms with van der Waals surface area (Å²) in [5, 5.41) is 9.91. The molecule has 1 aliphatic heterocycles. The van der Waals surface area contributed by atoms with Crippen LogP contribution in [0, 0.1) is 5.82 Å². The van der Waals surface area contributed by atoms with Crippen molar-refractivity contribution in [2.24, 2.45) is 0 Å². The summed E-state index contributed by atoms with van der Waals surface area (Å²) < 4.78 is 13.4. The Hall–Kier alpha value is -1.13. The van der Waals surface area contributed by atoms with Crippen LogP contribution in [0.2, 0.25) is 0 Å². The summed E-state index contributed by atoms with van der Waals surface area (Å²) in [5.74, 6) is -0.105. The highest BCUT2D eigenvalue weighted by Gasteiger charge is 2.25. The van der Waals surface area contributed by atoms with Crippen LogP contribution < -0.4 is 0 Å². The molecule has 20 heavy (non-hydrogen) atoms. The largest absolute Gasteiger partial charge is 0.508 e. The fraction of sp³-hybridized carbons (Fsp3) is 0.625. The van der Waals surface area contributed by atoms with Gasteiger partial charge >= 0.3 is 0 Å². The summed E-state index contributed by atoms with van der Waals surface area (Å²) in [5.41, 5.74) is 0.682. The van der Waals surface area contributed by atoms with Gasteiger partial charge in [-0.05, 0) is 38.5 Å². The van der Waals surface area contributed by atoms with Gasteiger partial charge in [0.05, 0.1) is 0 Å². The molecule has 0 aromatic heterocycles. The first-order valence-corrected chi connectivity index (χ1v) is 7.49. The van der Waals surface area contributed by atoms with Gasteiger partial charge in [0.25, 0.3) is 0 Å². The second-order valence-electron chi connectivity index (χ2n) is 5.71. The van der Waals surface area contributed by atoms with Crippen molar-refractivity contribution in [2.45, 2.75) is 39.3 Å². The second-order valence-corrected chi connectivity index (χ2v) is 5.71. The monoisotopic (exact) mass is 280 g/mol. The molecule has 0 radical (unpaired) electrons. The van der Waals surface area contributed by atoms with Crippen LogP contribution in [-0.2, 0) is 0 Å². The van der Waals surface area contributed by atoms with Gasteiger partial charge in [-0.15, -0.1) is 0 Å². The molecule has 1 aromatic rings. The van der Waals surface area contributed by atoms with Gasteiger partial charge in [0.1, 0.15) is 11.6 Å². The molecule has 1 aromatic carbocycles. The molecule has 0 bridgehead atoms. The number of nitrogens with zero attached hydrogens (tertiary/aromatic N) is 2. The van der Waals surface area contributed by atoms with Crippen molar-refractivity contribution < 1.29 is 9.50 Å². The van der Waals surface area contributed by atoms with E-state index in [1.165, 1.54) is 24.6 Å². The number of hydrogen-bond donors (Lipinski definition) is 1. The molecule has 2 rings (SSSR count). The van der Waals surface area contributed by atoms with Crippen LogP contribution in [0.3, 0.4) is 0 Å². The van der Waals surface area contributed by atoms with Gasteiger partial charge in [-0.25, -0.2) is 4.39 Å². The summed E-state index contributed by atoms with van der Waals surface area (Å²) in [6.07, 6.45) is 1.17. The highest BCUT2D eigenvalue weighted by atomic mass is 19.1. The van der Waals surface area contributed by atoms with Crippen LogP contribution >= 0.6 is 0 Å². The number of aromatic hydroxyl groups is 1. The summed E-state index contributed by atoms with van der Waals surface area (Å²) in [6, 6.07) is 4.85. The molecule has 112 valence electrons. The van der Waals surface area contributed by atoms with Crippen LogP contribution in [0.15, 0.2) is 18.2 Å². The van der Waals surface area contributed by atoms with Crippen LogP contribution in [0.4, 0.5) is 4.39 Å². The Morgan fingerprint density at radius 1 is 1.15 bits per heavy atom. The second kappa shape index (κ2) is 6.55. The Morgan fingerprint density at radius 3 is 2.35 bits per heavy atom. The molecule has 0 aliphatic carbocycles. The van der Waals surface area contributed by atoms with Crippen molar-refractivity contribution in [3.63, 3.8) is 0 Å². The Morgan fingerprint density at radius 2 is 1.75 bits per heavy atom. The van der Waals surface area contributed by atoms with Crippen LogP contribution in [0.1, 0.15) is 38.8 Å². The standard InChI is InChI=1S/C16H25FN2O/c1-4-12(2)18-7-9-19(10-8-18)13(3)15-11-14(17)5-6-16(15)20/h5-6,11-13,20H,4,7-10H2,1-3H3. The molecule has 1 aliphatic rings. The lowest BCUT2D eigenvalue weighted by Crippen LogP contribution is -2.49. The van der Waals surface area contributed by atoms with Gasteiger partial charge in [0, 0.05) is 43.8 Å². The van der Waals surface area contributed by atoms with E-state index >= 15 is 0 Å². The molecule has 1 saturated heterocycles. The molecular weight excluding hydrogens is 255 g/mol. The van der Waals surface area contributed by atoms with Crippen LogP contribution in [0.5, 0.6) is 5.75 Å².